The van der Waals surface area contributed by atoms with Gasteiger partial charge in [-0.1, -0.05) is 26.0 Å². The van der Waals surface area contributed by atoms with Gasteiger partial charge in [-0.05, 0) is 25.0 Å². The summed E-state index contributed by atoms with van der Waals surface area (Å²) in [5.74, 6) is 0.981. The van der Waals surface area contributed by atoms with E-state index in [0.717, 1.165) is 10.7 Å². The molecule has 0 saturated heterocycles. The third kappa shape index (κ3) is 6.01. The first-order valence-electron chi connectivity index (χ1n) is 8.29. The van der Waals surface area contributed by atoms with Crippen LogP contribution in [-0.2, 0) is 6.54 Å². The molecule has 0 radical (unpaired) electrons. The molecule has 1 atom stereocenters. The number of halogens is 1. The van der Waals surface area contributed by atoms with E-state index in [2.05, 4.69) is 39.8 Å². The number of guanidine groups is 1. The summed E-state index contributed by atoms with van der Waals surface area (Å²) in [6.07, 6.45) is -0.206. The number of nitrogens with one attached hydrogen (secondary N) is 2. The maximum absolute atomic E-state index is 13.6. The predicted octanol–water partition coefficient (Wildman–Crippen LogP) is 3.54. The maximum atomic E-state index is 13.6. The minimum atomic E-state index is -0.360. The topological polar surface area (TPSA) is 58.5 Å². The van der Waals surface area contributed by atoms with Crippen LogP contribution in [-0.4, -0.2) is 30.6 Å². The number of nitrogens with zero attached hydrogens (tertiary/aromatic N) is 2. The molecule has 1 aromatic carbocycles. The number of ether oxygens (including phenoxy) is 1. The summed E-state index contributed by atoms with van der Waals surface area (Å²) < 4.78 is 19.2. The van der Waals surface area contributed by atoms with E-state index in [9.17, 15) is 4.39 Å². The van der Waals surface area contributed by atoms with E-state index in [-0.39, 0.29) is 17.7 Å². The normalized spacial score (nSPS) is 13.0. The van der Waals surface area contributed by atoms with Crippen molar-refractivity contribution in [3.8, 4) is 5.75 Å². The molecule has 0 fully saturated rings. The fourth-order valence-electron chi connectivity index (χ4n) is 2.09. The molecule has 7 heteroatoms. The van der Waals surface area contributed by atoms with Gasteiger partial charge in [0, 0.05) is 12.4 Å². The lowest BCUT2D eigenvalue weighted by atomic mass is 10.2. The lowest BCUT2D eigenvalue weighted by Gasteiger charge is -2.17. The van der Waals surface area contributed by atoms with E-state index < -0.39 is 0 Å². The number of hydrogen-bond donors (Lipinski definition) is 2. The van der Waals surface area contributed by atoms with Crippen molar-refractivity contribution >= 4 is 17.3 Å². The first-order chi connectivity index (χ1) is 12.0. The van der Waals surface area contributed by atoms with Crippen LogP contribution in [0.5, 0.6) is 5.75 Å². The van der Waals surface area contributed by atoms with Gasteiger partial charge in [0.1, 0.15) is 11.1 Å². The molecule has 0 saturated carbocycles. The Hall–Kier alpha value is -2.15. The van der Waals surface area contributed by atoms with Crippen LogP contribution in [0.25, 0.3) is 0 Å². The highest BCUT2D eigenvalue weighted by Crippen LogP contribution is 2.18. The van der Waals surface area contributed by atoms with Crippen molar-refractivity contribution in [1.29, 1.82) is 0 Å². The summed E-state index contributed by atoms with van der Waals surface area (Å²) in [6, 6.07) is 6.39. The highest BCUT2D eigenvalue weighted by molar-refractivity contribution is 7.09. The summed E-state index contributed by atoms with van der Waals surface area (Å²) in [5.41, 5.74) is 1.11. The Morgan fingerprint density at radius 2 is 2.04 bits per heavy atom. The smallest absolute Gasteiger partial charge is 0.191 e. The summed E-state index contributed by atoms with van der Waals surface area (Å²) >= 11 is 1.64. The Kier molecular flexibility index (Phi) is 7.18. The number of para-hydroxylation sites is 1. The minimum absolute atomic E-state index is 0.206. The van der Waals surface area contributed by atoms with Crippen LogP contribution in [0.2, 0.25) is 0 Å². The second-order valence-corrected chi connectivity index (χ2v) is 6.93. The Balaban J connectivity index is 1.78. The third-order valence-electron chi connectivity index (χ3n) is 3.51. The van der Waals surface area contributed by atoms with Crippen LogP contribution in [0.15, 0.2) is 34.6 Å². The molecule has 0 spiro atoms. The summed E-state index contributed by atoms with van der Waals surface area (Å²) in [4.78, 5) is 8.77. The van der Waals surface area contributed by atoms with Gasteiger partial charge in [-0.15, -0.1) is 11.3 Å². The molecule has 0 aliphatic rings. The first kappa shape index (κ1) is 19.2. The van der Waals surface area contributed by atoms with Gasteiger partial charge < -0.3 is 15.4 Å². The van der Waals surface area contributed by atoms with Gasteiger partial charge in [0.15, 0.2) is 17.5 Å². The third-order valence-corrected chi connectivity index (χ3v) is 4.38. The molecule has 1 unspecified atom stereocenters. The first-order valence-corrected chi connectivity index (χ1v) is 9.17. The SMILES string of the molecule is CN=C(NCc1nc(C(C)C)cs1)NCC(C)Oc1ccccc1F. The fourth-order valence-corrected chi connectivity index (χ4v) is 2.99. The van der Waals surface area contributed by atoms with E-state index in [1.165, 1.54) is 6.07 Å². The largest absolute Gasteiger partial charge is 0.486 e. The molecule has 25 heavy (non-hydrogen) atoms. The Labute approximate surface area is 152 Å². The summed E-state index contributed by atoms with van der Waals surface area (Å²) in [6.45, 7) is 7.25. The number of hydrogen-bond acceptors (Lipinski definition) is 4. The zero-order chi connectivity index (χ0) is 18.2. The van der Waals surface area contributed by atoms with Crippen LogP contribution in [0, 0.1) is 5.82 Å². The zero-order valence-electron chi connectivity index (χ0n) is 15.0. The molecular weight excluding hydrogens is 339 g/mol. The van der Waals surface area contributed by atoms with E-state index >= 15 is 0 Å². The number of aliphatic imine (C=N–C) groups is 1. The van der Waals surface area contributed by atoms with Gasteiger partial charge >= 0.3 is 0 Å². The molecule has 0 bridgehead atoms. The fraction of sp³-hybridized carbons (Fsp3) is 0.444. The van der Waals surface area contributed by atoms with Crippen LogP contribution >= 0.6 is 11.3 Å². The van der Waals surface area contributed by atoms with E-state index in [1.54, 1.807) is 36.6 Å². The van der Waals surface area contributed by atoms with Gasteiger partial charge in [0.05, 0.1) is 18.8 Å². The highest BCUT2D eigenvalue weighted by atomic mass is 32.1. The Morgan fingerprint density at radius 1 is 1.28 bits per heavy atom. The molecule has 0 amide bonds. The molecule has 0 aliphatic heterocycles. The Morgan fingerprint density at radius 3 is 2.68 bits per heavy atom. The second kappa shape index (κ2) is 9.36. The van der Waals surface area contributed by atoms with Crippen molar-refractivity contribution in [2.75, 3.05) is 13.6 Å². The van der Waals surface area contributed by atoms with E-state index in [1.807, 2.05) is 6.92 Å². The van der Waals surface area contributed by atoms with Crippen LogP contribution in [0.3, 0.4) is 0 Å². The molecule has 5 nitrogen and oxygen atoms in total. The number of rotatable bonds is 7. The molecule has 136 valence electrons. The summed E-state index contributed by atoms with van der Waals surface area (Å²) in [7, 11) is 1.71. The van der Waals surface area contributed by atoms with Gasteiger partial charge in [-0.2, -0.15) is 0 Å². The average Bonchev–Trinajstić information content (AvgIpc) is 3.06. The van der Waals surface area contributed by atoms with Crippen molar-refractivity contribution < 1.29 is 9.13 Å². The quantitative estimate of drug-likeness (QED) is 0.583. The molecule has 2 aromatic rings. The molecule has 0 aliphatic carbocycles. The molecule has 1 heterocycles. The maximum Gasteiger partial charge on any atom is 0.191 e. The van der Waals surface area contributed by atoms with Crippen LogP contribution in [0.4, 0.5) is 4.39 Å². The monoisotopic (exact) mass is 364 g/mol. The molecular formula is C18H25FN4OS. The zero-order valence-corrected chi connectivity index (χ0v) is 15.9. The van der Waals surface area contributed by atoms with Crippen LogP contribution in [0.1, 0.15) is 37.4 Å². The molecule has 1 aromatic heterocycles. The van der Waals surface area contributed by atoms with Gasteiger partial charge in [0.2, 0.25) is 0 Å². The van der Waals surface area contributed by atoms with Crippen molar-refractivity contribution in [2.24, 2.45) is 4.99 Å². The van der Waals surface area contributed by atoms with Crippen molar-refractivity contribution in [2.45, 2.75) is 39.3 Å². The molecule has 2 rings (SSSR count). The lowest BCUT2D eigenvalue weighted by Crippen LogP contribution is -2.41. The van der Waals surface area contributed by atoms with Gasteiger partial charge in [-0.25, -0.2) is 9.37 Å². The Bertz CT molecular complexity index is 702. The standard InChI is InChI=1S/C18H25FN4OS/c1-12(2)15-11-25-17(23-15)10-22-18(20-4)21-9-13(3)24-16-8-6-5-7-14(16)19/h5-8,11-13H,9-10H2,1-4H3,(H2,20,21,22). The van der Waals surface area contributed by atoms with Crippen molar-refractivity contribution in [3.63, 3.8) is 0 Å². The highest BCUT2D eigenvalue weighted by Gasteiger charge is 2.10. The van der Waals surface area contributed by atoms with Gasteiger partial charge in [-0.3, -0.25) is 4.99 Å². The number of aromatic nitrogens is 1. The van der Waals surface area contributed by atoms with E-state index in [0.29, 0.717) is 25.0 Å². The van der Waals surface area contributed by atoms with Crippen molar-refractivity contribution in [3.05, 3.63) is 46.2 Å². The average molecular weight is 364 g/mol. The minimum Gasteiger partial charge on any atom is -0.486 e. The number of thiazole rings is 1. The van der Waals surface area contributed by atoms with Gasteiger partial charge in [0.25, 0.3) is 0 Å². The van der Waals surface area contributed by atoms with Crippen LogP contribution < -0.4 is 15.4 Å². The number of benzene rings is 1. The second-order valence-electron chi connectivity index (χ2n) is 5.99. The predicted molar refractivity (Wildman–Crippen MR) is 101 cm³/mol. The lowest BCUT2D eigenvalue weighted by molar-refractivity contribution is 0.214. The van der Waals surface area contributed by atoms with E-state index in [4.69, 9.17) is 4.74 Å². The van der Waals surface area contributed by atoms with Crippen molar-refractivity contribution in [1.82, 2.24) is 15.6 Å². The molecule has 2 N–H and O–H groups in total. The summed E-state index contributed by atoms with van der Waals surface area (Å²) in [5, 5.41) is 9.50.